The number of hydrogen-bond acceptors (Lipinski definition) is 2. The van der Waals surface area contributed by atoms with E-state index in [1.165, 1.54) is 49.4 Å². The molecule has 3 heteroatoms. The number of fused-ring (bicyclic) bond motifs is 4. The van der Waals surface area contributed by atoms with Gasteiger partial charge in [0.2, 0.25) is 0 Å². The zero-order valence-corrected chi connectivity index (χ0v) is 28.9. The molecule has 0 atom stereocenters. The fourth-order valence-corrected chi connectivity index (χ4v) is 7.70. The summed E-state index contributed by atoms with van der Waals surface area (Å²) in [5.74, 6) is 0.706. The van der Waals surface area contributed by atoms with Crippen molar-refractivity contribution in [2.75, 3.05) is 0 Å². The molecule has 2 aromatic heterocycles. The molecule has 10 aromatic rings. The normalized spacial score (nSPS) is 11.4. The van der Waals surface area contributed by atoms with Crippen molar-refractivity contribution < 1.29 is 0 Å². The van der Waals surface area contributed by atoms with Gasteiger partial charge in [-0.15, -0.1) is 0 Å². The van der Waals surface area contributed by atoms with Gasteiger partial charge in [0.25, 0.3) is 0 Å². The van der Waals surface area contributed by atoms with Crippen molar-refractivity contribution in [3.05, 3.63) is 200 Å². The standard InChI is InChI=1S/C50H33N3/c1-3-14-34(15-4-1)35-26-28-36(29-27-35)46-33-47(52-50(51-46)37-16-5-2-6-17-37)43-31-30-40(41-20-7-8-21-42(41)43)38-18-13-19-39(32-38)53-48-24-11-9-22-44(48)45-23-10-12-25-49(45)53/h1-33H. The Balaban J connectivity index is 1.11. The predicted molar refractivity (Wildman–Crippen MR) is 221 cm³/mol. The summed E-state index contributed by atoms with van der Waals surface area (Å²) in [6.07, 6.45) is 0. The summed E-state index contributed by atoms with van der Waals surface area (Å²) in [5.41, 5.74) is 13.2. The van der Waals surface area contributed by atoms with E-state index in [-0.39, 0.29) is 0 Å². The summed E-state index contributed by atoms with van der Waals surface area (Å²) in [4.78, 5) is 10.3. The van der Waals surface area contributed by atoms with Crippen LogP contribution in [0.15, 0.2) is 200 Å². The highest BCUT2D eigenvalue weighted by atomic mass is 15.0. The van der Waals surface area contributed by atoms with Crippen molar-refractivity contribution in [2.45, 2.75) is 0 Å². The van der Waals surface area contributed by atoms with E-state index < -0.39 is 0 Å². The van der Waals surface area contributed by atoms with Crippen LogP contribution in [-0.4, -0.2) is 14.5 Å². The molecule has 0 unspecified atom stereocenters. The maximum Gasteiger partial charge on any atom is 0.160 e. The smallest absolute Gasteiger partial charge is 0.160 e. The van der Waals surface area contributed by atoms with Crippen LogP contribution in [0.2, 0.25) is 0 Å². The Morgan fingerprint density at radius 2 is 0.792 bits per heavy atom. The molecule has 0 N–H and O–H groups in total. The van der Waals surface area contributed by atoms with Crippen molar-refractivity contribution >= 4 is 32.6 Å². The van der Waals surface area contributed by atoms with Gasteiger partial charge >= 0.3 is 0 Å². The first-order valence-corrected chi connectivity index (χ1v) is 18.0. The highest BCUT2D eigenvalue weighted by molar-refractivity contribution is 6.09. The van der Waals surface area contributed by atoms with Gasteiger partial charge < -0.3 is 4.57 Å². The summed E-state index contributed by atoms with van der Waals surface area (Å²) in [6.45, 7) is 0. The molecule has 2 heterocycles. The number of benzene rings is 8. The molecular weight excluding hydrogens is 643 g/mol. The maximum atomic E-state index is 5.21. The van der Waals surface area contributed by atoms with Crippen LogP contribution in [0.4, 0.5) is 0 Å². The van der Waals surface area contributed by atoms with Gasteiger partial charge in [-0.2, -0.15) is 0 Å². The van der Waals surface area contributed by atoms with Crippen molar-refractivity contribution in [3.8, 4) is 61.8 Å². The van der Waals surface area contributed by atoms with Crippen LogP contribution in [-0.2, 0) is 0 Å². The van der Waals surface area contributed by atoms with Gasteiger partial charge in [0.05, 0.1) is 22.4 Å². The molecule has 53 heavy (non-hydrogen) atoms. The summed E-state index contributed by atoms with van der Waals surface area (Å²) >= 11 is 0. The lowest BCUT2D eigenvalue weighted by Gasteiger charge is -2.15. The average Bonchev–Trinajstić information content (AvgIpc) is 3.58. The Hall–Kier alpha value is -7.10. The third-order valence-corrected chi connectivity index (χ3v) is 10.2. The van der Waals surface area contributed by atoms with Gasteiger partial charge in [0.1, 0.15) is 0 Å². The summed E-state index contributed by atoms with van der Waals surface area (Å²) in [7, 11) is 0. The SMILES string of the molecule is c1ccc(-c2ccc(-c3cc(-c4ccc(-c5cccc(-n6c7ccccc7c7ccccc76)c5)c5ccccc45)nc(-c4ccccc4)n3)cc2)cc1. The molecule has 248 valence electrons. The topological polar surface area (TPSA) is 30.7 Å². The second kappa shape index (κ2) is 12.9. The minimum Gasteiger partial charge on any atom is -0.309 e. The lowest BCUT2D eigenvalue weighted by atomic mass is 9.93. The molecule has 10 rings (SSSR count). The number of aromatic nitrogens is 3. The van der Waals surface area contributed by atoms with E-state index in [1.54, 1.807) is 0 Å². The highest BCUT2D eigenvalue weighted by Crippen LogP contribution is 2.39. The first-order chi connectivity index (χ1) is 26.3. The Labute approximate surface area is 308 Å². The monoisotopic (exact) mass is 675 g/mol. The van der Waals surface area contributed by atoms with E-state index >= 15 is 0 Å². The van der Waals surface area contributed by atoms with Crippen LogP contribution in [0.1, 0.15) is 0 Å². The van der Waals surface area contributed by atoms with Crippen molar-refractivity contribution in [2.24, 2.45) is 0 Å². The van der Waals surface area contributed by atoms with Gasteiger partial charge in [-0.3, -0.25) is 0 Å². The highest BCUT2D eigenvalue weighted by Gasteiger charge is 2.16. The quantitative estimate of drug-likeness (QED) is 0.176. The van der Waals surface area contributed by atoms with Crippen molar-refractivity contribution in [1.82, 2.24) is 14.5 Å². The van der Waals surface area contributed by atoms with Crippen LogP contribution in [0.3, 0.4) is 0 Å². The van der Waals surface area contributed by atoms with E-state index in [0.717, 1.165) is 39.2 Å². The van der Waals surface area contributed by atoms with Gasteiger partial charge in [0, 0.05) is 33.2 Å². The summed E-state index contributed by atoms with van der Waals surface area (Å²) < 4.78 is 2.38. The molecule has 0 spiro atoms. The zero-order chi connectivity index (χ0) is 35.1. The third kappa shape index (κ3) is 5.47. The van der Waals surface area contributed by atoms with E-state index in [1.807, 2.05) is 24.3 Å². The summed E-state index contributed by atoms with van der Waals surface area (Å²) in [6, 6.07) is 70.9. The van der Waals surface area contributed by atoms with Crippen LogP contribution in [0, 0.1) is 0 Å². The van der Waals surface area contributed by atoms with E-state index in [4.69, 9.17) is 9.97 Å². The molecule has 0 bridgehead atoms. The average molecular weight is 676 g/mol. The lowest BCUT2D eigenvalue weighted by molar-refractivity contribution is 1.18. The lowest BCUT2D eigenvalue weighted by Crippen LogP contribution is -1.97. The maximum absolute atomic E-state index is 5.21. The number of hydrogen-bond donors (Lipinski definition) is 0. The minimum absolute atomic E-state index is 0.706. The summed E-state index contributed by atoms with van der Waals surface area (Å²) in [5, 5.41) is 4.84. The Morgan fingerprint density at radius 1 is 0.302 bits per heavy atom. The molecule has 0 saturated carbocycles. The molecule has 0 aliphatic carbocycles. The Morgan fingerprint density at radius 3 is 1.47 bits per heavy atom. The number of para-hydroxylation sites is 2. The third-order valence-electron chi connectivity index (χ3n) is 10.2. The molecular formula is C50H33N3. The fraction of sp³-hybridized carbons (Fsp3) is 0. The van der Waals surface area contributed by atoms with Gasteiger partial charge in [-0.25, -0.2) is 9.97 Å². The van der Waals surface area contributed by atoms with Crippen LogP contribution in [0.25, 0.3) is 94.4 Å². The molecule has 0 radical (unpaired) electrons. The van der Waals surface area contributed by atoms with Crippen molar-refractivity contribution in [3.63, 3.8) is 0 Å². The molecule has 0 aliphatic rings. The Bertz CT molecular complexity index is 2870. The molecule has 3 nitrogen and oxygen atoms in total. The molecule has 8 aromatic carbocycles. The van der Waals surface area contributed by atoms with E-state index in [2.05, 4.69) is 180 Å². The first-order valence-electron chi connectivity index (χ1n) is 18.0. The van der Waals surface area contributed by atoms with Crippen LogP contribution < -0.4 is 0 Å². The second-order valence-corrected chi connectivity index (χ2v) is 13.4. The second-order valence-electron chi connectivity index (χ2n) is 13.4. The molecule has 0 fully saturated rings. The van der Waals surface area contributed by atoms with Gasteiger partial charge in [0.15, 0.2) is 5.82 Å². The van der Waals surface area contributed by atoms with E-state index in [9.17, 15) is 0 Å². The van der Waals surface area contributed by atoms with Crippen LogP contribution >= 0.6 is 0 Å². The van der Waals surface area contributed by atoms with Crippen LogP contribution in [0.5, 0.6) is 0 Å². The fourth-order valence-electron chi connectivity index (χ4n) is 7.70. The zero-order valence-electron chi connectivity index (χ0n) is 28.9. The number of nitrogens with zero attached hydrogens (tertiary/aromatic N) is 3. The van der Waals surface area contributed by atoms with Gasteiger partial charge in [-0.05, 0) is 63.4 Å². The minimum atomic E-state index is 0.706. The predicted octanol–water partition coefficient (Wildman–Crippen LogP) is 13.1. The van der Waals surface area contributed by atoms with E-state index in [0.29, 0.717) is 5.82 Å². The molecule has 0 aliphatic heterocycles. The first kappa shape index (κ1) is 30.7. The van der Waals surface area contributed by atoms with Gasteiger partial charge in [-0.1, -0.05) is 170 Å². The van der Waals surface area contributed by atoms with Crippen molar-refractivity contribution in [1.29, 1.82) is 0 Å². The largest absolute Gasteiger partial charge is 0.309 e. The molecule has 0 saturated heterocycles. The Kier molecular flexibility index (Phi) is 7.47. The number of rotatable bonds is 6. The molecule has 0 amide bonds.